The van der Waals surface area contributed by atoms with Crippen LogP contribution >= 0.6 is 34.8 Å². The molecule has 0 spiro atoms. The van der Waals surface area contributed by atoms with Crippen LogP contribution in [0.2, 0.25) is 15.1 Å². The number of halogens is 3. The largest absolute Gasteiger partial charge is 0.508 e. The highest BCUT2D eigenvalue weighted by Crippen LogP contribution is 2.52. The highest BCUT2D eigenvalue weighted by atomic mass is 35.5. The third-order valence-electron chi connectivity index (χ3n) is 21.6. The van der Waals surface area contributed by atoms with Gasteiger partial charge >= 0.3 is 11.9 Å². The Kier molecular flexibility index (Phi) is 27.3. The summed E-state index contributed by atoms with van der Waals surface area (Å²) in [7, 11) is 1.41. The Morgan fingerprint density at radius 1 is 0.512 bits per heavy atom. The number of rotatable bonds is 18. The van der Waals surface area contributed by atoms with Gasteiger partial charge in [-0.3, -0.25) is 33.6 Å². The van der Waals surface area contributed by atoms with Crippen LogP contribution in [0.1, 0.15) is 140 Å². The van der Waals surface area contributed by atoms with Gasteiger partial charge in [0, 0.05) is 41.7 Å². The van der Waals surface area contributed by atoms with E-state index in [1.165, 1.54) is 43.4 Å². The summed E-state index contributed by atoms with van der Waals surface area (Å²) >= 11 is 21.6. The lowest BCUT2D eigenvalue weighted by Gasteiger charge is -2.41. The maximum absolute atomic E-state index is 16.8. The molecule has 654 valence electrons. The molecule has 8 aliphatic rings. The number of aromatic hydroxyl groups is 4. The zero-order chi connectivity index (χ0) is 88.4. The van der Waals surface area contributed by atoms with Crippen LogP contribution in [-0.4, -0.2) is 207 Å². The van der Waals surface area contributed by atoms with Gasteiger partial charge in [-0.1, -0.05) is 105 Å². The Labute approximate surface area is 714 Å². The van der Waals surface area contributed by atoms with Crippen molar-refractivity contribution in [2.45, 2.75) is 181 Å². The first-order valence-electron chi connectivity index (χ1n) is 39.0. The van der Waals surface area contributed by atoms with Crippen LogP contribution in [0.25, 0.3) is 11.1 Å². The van der Waals surface area contributed by atoms with Crippen LogP contribution in [0.5, 0.6) is 69.0 Å². The van der Waals surface area contributed by atoms with Gasteiger partial charge in [-0.25, -0.2) is 9.59 Å². The van der Waals surface area contributed by atoms with E-state index in [9.17, 15) is 85.6 Å². The first-order chi connectivity index (χ1) is 58.6. The number of amides is 7. The quantitative estimate of drug-likeness (QED) is 0.0511. The SMILES string of the molecule is CN[C@@H]1C(=O)N[C@@H]2Cc3ccc(c(Cl)c3)Oc3cc4cc(c3O[C@@H]3O[C@H](C(=O)O)[C@@H](O)[C@H](O)[C@H]3NC(=O)CCCCCCCCC(C)C)Oc3ccc(cc3Cl)[C@@H](O)[C@@H]3NC(=O)[C@H](NC(=O)[C@@H]4NC(=O)C(NC2=O)c2cc(O)cc(c2)Oc2cc1ccc2O)c1cc(Cl)c(O[C@H]2O[C@H](CO)[C@@H](O)[C@H](O)[C@@H]2O)c(c1)-c1c(O)cc(O)cc1C(C(=O)O)NC3=O. The molecule has 7 aromatic rings. The zero-order valence-electron chi connectivity index (χ0n) is 65.4. The molecule has 0 aliphatic carbocycles. The molecule has 0 aromatic heterocycles. The number of aliphatic carboxylic acids is 2. The Bertz CT molecular complexity index is 5280. The van der Waals surface area contributed by atoms with E-state index in [0.29, 0.717) is 24.8 Å². The van der Waals surface area contributed by atoms with Gasteiger partial charge in [-0.2, -0.15) is 0 Å². The third-order valence-corrected chi connectivity index (χ3v) is 22.5. The van der Waals surface area contributed by atoms with Gasteiger partial charge in [-0.05, 0) is 132 Å². The second-order valence-electron chi connectivity index (χ2n) is 30.8. The van der Waals surface area contributed by atoms with Gasteiger partial charge in [-0.15, -0.1) is 0 Å². The number of hydrogen-bond donors (Lipinski definition) is 21. The summed E-state index contributed by atoms with van der Waals surface area (Å²) in [6.45, 7) is 3.24. The predicted molar refractivity (Wildman–Crippen MR) is 429 cm³/mol. The molecule has 8 aliphatic heterocycles. The highest BCUT2D eigenvalue weighted by Gasteiger charge is 2.52. The highest BCUT2D eigenvalue weighted by molar-refractivity contribution is 6.33. The Morgan fingerprint density at radius 3 is 1.75 bits per heavy atom. The number of phenols is 4. The number of unbranched alkanes of at least 4 members (excludes halogenated alkanes) is 5. The Morgan fingerprint density at radius 2 is 1.11 bits per heavy atom. The van der Waals surface area contributed by atoms with E-state index in [1.54, 1.807) is 0 Å². The molecule has 2 unspecified atom stereocenters. The van der Waals surface area contributed by atoms with Crippen LogP contribution in [-0.2, 0) is 59.0 Å². The number of nitrogens with one attached hydrogen (secondary N) is 8. The topological polar surface area (TPSA) is 577 Å². The van der Waals surface area contributed by atoms with Crippen LogP contribution in [0.3, 0.4) is 0 Å². The number of carbonyl (C=O) groups is 9. The molecule has 7 aromatic carbocycles. The normalized spacial score (nSPS) is 26.4. The summed E-state index contributed by atoms with van der Waals surface area (Å²) in [5.41, 5.74) is -3.67. The number of hydrogen-bond acceptors (Lipinski definition) is 28. The third kappa shape index (κ3) is 19.4. The van der Waals surface area contributed by atoms with Crippen molar-refractivity contribution in [1.29, 1.82) is 0 Å². The molecule has 7 amide bonds. The molecule has 17 bridgehead atoms. The molecular formula is C83H87Cl3N8O29. The van der Waals surface area contributed by atoms with Crippen molar-refractivity contribution in [3.8, 4) is 80.1 Å². The predicted octanol–water partition coefficient (Wildman–Crippen LogP) is 4.84. The number of aliphatic hydroxyl groups is 7. The van der Waals surface area contributed by atoms with Crippen molar-refractivity contribution >= 4 is 88.1 Å². The van der Waals surface area contributed by atoms with E-state index < -0.39 is 266 Å². The number of likely N-dealkylation sites (N-methyl/N-ethyl adjacent to an activating group) is 1. The lowest BCUT2D eigenvalue weighted by Crippen LogP contribution is -2.66. The van der Waals surface area contributed by atoms with E-state index >= 15 is 24.0 Å². The molecule has 21 N–H and O–H groups in total. The smallest absolute Gasteiger partial charge is 0.335 e. The fraction of sp³-hybridized carbons (Fsp3) is 0.386. The molecule has 40 heteroatoms. The van der Waals surface area contributed by atoms with Crippen molar-refractivity contribution in [1.82, 2.24) is 42.5 Å². The Hall–Kier alpha value is -11.6. The number of carboxylic acid groups (broad SMARTS) is 2. The minimum Gasteiger partial charge on any atom is -0.508 e. The average molecular weight is 1770 g/mol. The molecule has 123 heavy (non-hydrogen) atoms. The van der Waals surface area contributed by atoms with Crippen LogP contribution in [0.15, 0.2) is 109 Å². The molecule has 0 radical (unpaired) electrons. The molecule has 0 saturated carbocycles. The first kappa shape index (κ1) is 89.2. The maximum Gasteiger partial charge on any atom is 0.335 e. The monoisotopic (exact) mass is 1760 g/mol. The summed E-state index contributed by atoms with van der Waals surface area (Å²) in [4.78, 5) is 136. The van der Waals surface area contributed by atoms with Crippen molar-refractivity contribution in [2.75, 3.05) is 13.7 Å². The second kappa shape index (κ2) is 37.6. The van der Waals surface area contributed by atoms with Gasteiger partial charge in [0.15, 0.2) is 35.1 Å². The summed E-state index contributed by atoms with van der Waals surface area (Å²) < 4.78 is 44.1. The number of benzene rings is 7. The maximum atomic E-state index is 16.8. The lowest BCUT2D eigenvalue weighted by molar-refractivity contribution is -0.277. The summed E-state index contributed by atoms with van der Waals surface area (Å²) in [5, 5.41) is 167. The average Bonchev–Trinajstić information content (AvgIpc) is 0.753. The van der Waals surface area contributed by atoms with Gasteiger partial charge in [0.1, 0.15) is 125 Å². The minimum atomic E-state index is -2.50. The van der Waals surface area contributed by atoms with Gasteiger partial charge < -0.3 is 142 Å². The van der Waals surface area contributed by atoms with Crippen LogP contribution in [0.4, 0.5) is 0 Å². The second-order valence-corrected chi connectivity index (χ2v) is 32.0. The van der Waals surface area contributed by atoms with E-state index in [4.69, 9.17) is 68.0 Å². The number of fused-ring (bicyclic) bond motifs is 14. The van der Waals surface area contributed by atoms with E-state index in [0.717, 1.165) is 98.8 Å². The van der Waals surface area contributed by atoms with Crippen LogP contribution in [0, 0.1) is 5.92 Å². The molecule has 2 saturated heterocycles. The molecular weight excluding hydrogens is 1680 g/mol. The first-order valence-corrected chi connectivity index (χ1v) is 40.1. The summed E-state index contributed by atoms with van der Waals surface area (Å²) in [6.07, 6.45) is -16.7. The standard InChI is InChI=1S/C83H87Cl3N8O29/c1-32(2)10-8-6-4-5-7-9-11-56(100)89-64-67(103)69(105)73(81(115)116)123-82(64)122-72-53-26-38-27-54(72)119-51-17-14-35(23-45(51)85)65(101)63-79(112)93-62(80(113)114)42-29-40(97)30-49(99)57(42)43-22-37(24-46(86)71(43)121-83-70(106)68(104)66(102)55(31-95)120-83)60(78(111)94-63)91-77(110)61(38)92-76(109)59-36-20-39(96)28-41(21-36)117-52-25-34(13-15-48(52)98)58(87-3)75(108)88-47(74(107)90-59)19-33-12-16-50(118-53)44(84)18-33/h12-18,20-30,32,47,55,58-70,73,82-83,87,95-99,101-106H,4-11,19,31H2,1-3H3,(H,88,108)(H,89,100)(H,90,107)(H,91,110)(H,92,109)(H,93,112)(H,94,111)(H,113,114)(H,115,116)/t47-,55-,58+,59?,60-,61-,62?,63+,64-,65-,66-,67-,68+,69+,70+,73+,82-,83-/m1/s1. The number of phenolic OH excluding ortho intramolecular Hbond substituents is 4. The van der Waals surface area contributed by atoms with Gasteiger partial charge in [0.25, 0.3) is 0 Å². The lowest BCUT2D eigenvalue weighted by atomic mass is 9.89. The van der Waals surface area contributed by atoms with Crippen LogP contribution < -0.4 is 66.2 Å². The van der Waals surface area contributed by atoms with E-state index in [2.05, 4.69) is 56.4 Å². The fourth-order valence-electron chi connectivity index (χ4n) is 15.3. The number of carbonyl (C=O) groups excluding carboxylic acids is 7. The van der Waals surface area contributed by atoms with E-state index in [1.807, 2.05) is 0 Å². The number of aliphatic hydroxyl groups excluding tert-OH is 7. The van der Waals surface area contributed by atoms with Crippen molar-refractivity contribution in [2.24, 2.45) is 5.92 Å². The van der Waals surface area contributed by atoms with Crippen molar-refractivity contribution in [3.63, 3.8) is 0 Å². The van der Waals surface area contributed by atoms with Gasteiger partial charge in [0.2, 0.25) is 59.7 Å². The molecule has 2 fully saturated rings. The minimum absolute atomic E-state index is 0.170. The van der Waals surface area contributed by atoms with Crippen molar-refractivity contribution in [3.05, 3.63) is 163 Å². The van der Waals surface area contributed by atoms with Crippen molar-refractivity contribution < 1.29 is 143 Å². The molecule has 37 nitrogen and oxygen atoms in total. The summed E-state index contributed by atoms with van der Waals surface area (Å²) in [5.74, 6) is -19.6. The number of carboxylic acids is 2. The van der Waals surface area contributed by atoms with E-state index in [-0.39, 0.29) is 50.9 Å². The fourth-order valence-corrected chi connectivity index (χ4v) is 16.0. The Balaban J connectivity index is 1.05. The molecule has 15 rings (SSSR count). The molecule has 8 heterocycles. The summed E-state index contributed by atoms with van der Waals surface area (Å²) in [6, 6.07) is 2.34. The molecule has 18 atom stereocenters. The van der Waals surface area contributed by atoms with Gasteiger partial charge in [0.05, 0.1) is 21.7 Å². The number of ether oxygens (including phenoxy) is 7. The zero-order valence-corrected chi connectivity index (χ0v) is 67.7.